The normalized spacial score (nSPS) is 25.3. The molecule has 0 aliphatic carbocycles. The molecule has 18 nitrogen and oxygen atoms in total. The molecule has 216 valence electrons. The SMILES string of the molecule is Nc1nc2c(ncn2[C@H]2C[C@H](C[P+](=O)OCC3CC[C@H](n4cnc5c(N)ncnc54)O3)C(CO[P+](=O)O)O2)c(=O)[nH]1. The van der Waals surface area contributed by atoms with Gasteiger partial charge in [0, 0.05) is 16.9 Å². The molecule has 0 aromatic carbocycles. The minimum atomic E-state index is -2.86. The highest BCUT2D eigenvalue weighted by atomic mass is 31.1. The third-order valence-electron chi connectivity index (χ3n) is 7.04. The van der Waals surface area contributed by atoms with Crippen LogP contribution in [0.1, 0.15) is 31.7 Å². The second-order valence-corrected chi connectivity index (χ2v) is 11.6. The smallest absolute Gasteiger partial charge is 0.382 e. The van der Waals surface area contributed by atoms with Crippen LogP contribution < -0.4 is 17.0 Å². The Bertz CT molecular complexity index is 1680. The highest BCUT2D eigenvalue weighted by Gasteiger charge is 2.44. The van der Waals surface area contributed by atoms with Gasteiger partial charge in [-0.1, -0.05) is 0 Å². The van der Waals surface area contributed by atoms with Gasteiger partial charge in [0.05, 0.1) is 24.9 Å². The van der Waals surface area contributed by atoms with Crippen LogP contribution in [0, 0.1) is 5.92 Å². The van der Waals surface area contributed by atoms with E-state index in [0.29, 0.717) is 30.4 Å². The summed E-state index contributed by atoms with van der Waals surface area (Å²) in [6, 6.07) is 0. The number of aromatic amines is 1. The van der Waals surface area contributed by atoms with Crippen LogP contribution in [0.25, 0.3) is 22.3 Å². The second-order valence-electron chi connectivity index (χ2n) is 9.62. The Hall–Kier alpha value is -3.50. The summed E-state index contributed by atoms with van der Waals surface area (Å²) in [5.41, 5.74) is 12.4. The molecule has 4 unspecified atom stereocenters. The van der Waals surface area contributed by atoms with Crippen LogP contribution in [0.4, 0.5) is 11.8 Å². The highest BCUT2D eigenvalue weighted by molar-refractivity contribution is 7.39. The van der Waals surface area contributed by atoms with Gasteiger partial charge in [-0.05, 0) is 17.4 Å². The molecule has 2 fully saturated rings. The Morgan fingerprint density at radius 2 is 1.78 bits per heavy atom. The van der Waals surface area contributed by atoms with E-state index < -0.39 is 34.2 Å². The lowest BCUT2D eigenvalue weighted by atomic mass is 10.0. The minimum Gasteiger partial charge on any atom is -0.382 e. The van der Waals surface area contributed by atoms with Gasteiger partial charge in [-0.15, -0.1) is 13.9 Å². The van der Waals surface area contributed by atoms with E-state index in [1.165, 1.54) is 12.7 Å². The summed E-state index contributed by atoms with van der Waals surface area (Å²) in [4.78, 5) is 44.4. The van der Waals surface area contributed by atoms with Crippen LogP contribution in [0.3, 0.4) is 0 Å². The lowest BCUT2D eigenvalue weighted by Crippen LogP contribution is -2.23. The molecule has 0 spiro atoms. The summed E-state index contributed by atoms with van der Waals surface area (Å²) < 4.78 is 50.2. The molecule has 6 heterocycles. The van der Waals surface area contributed by atoms with E-state index >= 15 is 0 Å². The minimum absolute atomic E-state index is 0.0811. The van der Waals surface area contributed by atoms with Crippen molar-refractivity contribution < 1.29 is 32.5 Å². The van der Waals surface area contributed by atoms with Crippen molar-refractivity contribution in [2.45, 2.75) is 43.9 Å². The fourth-order valence-electron chi connectivity index (χ4n) is 5.12. The van der Waals surface area contributed by atoms with Crippen LogP contribution in [-0.2, 0) is 27.7 Å². The topological polar surface area (TPSA) is 250 Å². The number of nitrogen functional groups attached to an aromatic ring is 2. The molecule has 7 atom stereocenters. The summed E-state index contributed by atoms with van der Waals surface area (Å²) >= 11 is 0. The van der Waals surface area contributed by atoms with Crippen molar-refractivity contribution in [3.05, 3.63) is 29.3 Å². The second kappa shape index (κ2) is 11.4. The molecule has 0 amide bonds. The van der Waals surface area contributed by atoms with E-state index in [2.05, 4.69) is 29.9 Å². The maximum Gasteiger partial charge on any atom is 0.694 e. The number of aromatic nitrogens is 8. The standard InChI is InChI=1S/C21H24N10O8P2/c22-17-15-18(25-7-24-17)30(8-26-15)13-2-1-11(38-13)4-36-40(33)6-10-3-14(39-12(10)5-37-41(34)35)31-9-27-16-19(31)28-21(23)29-20(16)32/h7-14H,1-6H2,(H4-2,22,23,24,25,28,29,32,34,35)/p+2/t10-,11?,12?,13-,14-/m1/s1. The maximum atomic E-state index is 13.0. The number of hydrogen-bond donors (Lipinski definition) is 4. The number of imidazole rings is 2. The average Bonchev–Trinajstić information content (AvgIpc) is 3.71. The number of hydrogen-bond acceptors (Lipinski definition) is 14. The van der Waals surface area contributed by atoms with Crippen LogP contribution in [-0.4, -0.2) is 75.5 Å². The average molecular weight is 608 g/mol. The van der Waals surface area contributed by atoms with Crippen molar-refractivity contribution >= 4 is 50.4 Å². The first-order valence-electron chi connectivity index (χ1n) is 12.6. The monoisotopic (exact) mass is 608 g/mol. The van der Waals surface area contributed by atoms with E-state index in [9.17, 15) is 13.9 Å². The van der Waals surface area contributed by atoms with Gasteiger partial charge < -0.3 is 20.9 Å². The predicted molar refractivity (Wildman–Crippen MR) is 142 cm³/mol. The number of nitrogens with zero attached hydrogens (tertiary/aromatic N) is 7. The van der Waals surface area contributed by atoms with Crippen molar-refractivity contribution in [3.63, 3.8) is 0 Å². The van der Waals surface area contributed by atoms with Crippen LogP contribution in [0.15, 0.2) is 23.8 Å². The van der Waals surface area contributed by atoms with Crippen molar-refractivity contribution in [2.75, 3.05) is 30.8 Å². The van der Waals surface area contributed by atoms with E-state index in [1.807, 2.05) is 0 Å². The van der Waals surface area contributed by atoms with Gasteiger partial charge >= 0.3 is 16.3 Å². The summed E-state index contributed by atoms with van der Waals surface area (Å²) in [6.07, 6.45) is 4.19. The number of ether oxygens (including phenoxy) is 2. The zero-order valence-corrected chi connectivity index (χ0v) is 23.1. The van der Waals surface area contributed by atoms with Gasteiger partial charge in [-0.3, -0.25) is 18.9 Å². The lowest BCUT2D eigenvalue weighted by molar-refractivity contribution is -0.0234. The van der Waals surface area contributed by atoms with Gasteiger partial charge in [0.15, 0.2) is 28.8 Å². The van der Waals surface area contributed by atoms with Gasteiger partial charge in [0.25, 0.3) is 5.56 Å². The zero-order valence-electron chi connectivity index (χ0n) is 21.3. The number of H-pyrrole nitrogens is 1. The molecule has 0 saturated carbocycles. The number of anilines is 2. The van der Waals surface area contributed by atoms with Crippen molar-refractivity contribution in [1.29, 1.82) is 0 Å². The molecule has 0 radical (unpaired) electrons. The van der Waals surface area contributed by atoms with Crippen molar-refractivity contribution in [3.8, 4) is 0 Å². The quantitative estimate of drug-likeness (QED) is 0.184. The van der Waals surface area contributed by atoms with E-state index in [1.54, 1.807) is 15.5 Å². The molecule has 20 heteroatoms. The molecule has 41 heavy (non-hydrogen) atoms. The largest absolute Gasteiger partial charge is 0.694 e. The van der Waals surface area contributed by atoms with Gasteiger partial charge in [0.1, 0.15) is 37.5 Å². The third kappa shape index (κ3) is 5.67. The zero-order chi connectivity index (χ0) is 28.7. The Morgan fingerprint density at radius 3 is 2.59 bits per heavy atom. The fraction of sp³-hybridized carbons (Fsp3) is 0.524. The number of nitrogens with one attached hydrogen (secondary N) is 1. The molecule has 2 aliphatic heterocycles. The predicted octanol–water partition coefficient (Wildman–Crippen LogP) is 1.13. The van der Waals surface area contributed by atoms with E-state index in [4.69, 9.17) is 34.9 Å². The summed E-state index contributed by atoms with van der Waals surface area (Å²) in [5, 5.41) is 0. The molecule has 6 rings (SSSR count). The Morgan fingerprint density at radius 1 is 1.00 bits per heavy atom. The molecule has 2 saturated heterocycles. The summed E-state index contributed by atoms with van der Waals surface area (Å²) in [6.45, 7) is -0.104. The van der Waals surface area contributed by atoms with Crippen molar-refractivity contribution in [2.24, 2.45) is 5.92 Å². The van der Waals surface area contributed by atoms with Gasteiger partial charge in [-0.2, -0.15) is 4.98 Å². The third-order valence-corrected chi connectivity index (χ3v) is 8.62. The molecule has 2 aliphatic rings. The first kappa shape index (κ1) is 27.7. The molecule has 4 aromatic rings. The molecular weight excluding hydrogens is 582 g/mol. The molecule has 6 N–H and O–H groups in total. The van der Waals surface area contributed by atoms with E-state index in [0.717, 1.165) is 0 Å². The van der Waals surface area contributed by atoms with Crippen molar-refractivity contribution in [1.82, 2.24) is 39.0 Å². The molecule has 4 aromatic heterocycles. The van der Waals surface area contributed by atoms with Crippen LogP contribution in [0.5, 0.6) is 0 Å². The number of rotatable bonds is 10. The van der Waals surface area contributed by atoms with Crippen LogP contribution in [0.2, 0.25) is 0 Å². The summed E-state index contributed by atoms with van der Waals surface area (Å²) in [7, 11) is -5.01. The summed E-state index contributed by atoms with van der Waals surface area (Å²) in [5.74, 6) is -0.163. The highest BCUT2D eigenvalue weighted by Crippen LogP contribution is 2.41. The number of fused-ring (bicyclic) bond motifs is 2. The molecular formula is C21H26N10O8P2+2. The first-order valence-corrected chi connectivity index (χ1v) is 15.1. The maximum absolute atomic E-state index is 13.0. The molecule has 0 bridgehead atoms. The van der Waals surface area contributed by atoms with Gasteiger partial charge in [0.2, 0.25) is 5.95 Å². The Labute approximate surface area is 232 Å². The van der Waals surface area contributed by atoms with E-state index in [-0.39, 0.29) is 60.6 Å². The van der Waals surface area contributed by atoms with Crippen LogP contribution >= 0.6 is 16.3 Å². The Kier molecular flexibility index (Phi) is 7.70. The Balaban J connectivity index is 1.08. The number of nitrogens with two attached hydrogens (primary N) is 2. The first-order chi connectivity index (χ1) is 19.8. The fourth-order valence-corrected chi connectivity index (χ4v) is 6.60. The van der Waals surface area contributed by atoms with Gasteiger partial charge in [-0.25, -0.2) is 19.9 Å². The lowest BCUT2D eigenvalue weighted by Gasteiger charge is -2.14.